The summed E-state index contributed by atoms with van der Waals surface area (Å²) in [6.07, 6.45) is 11.6. The summed E-state index contributed by atoms with van der Waals surface area (Å²) in [5, 5.41) is 4.18. The van der Waals surface area contributed by atoms with Crippen LogP contribution in [0.4, 0.5) is 0 Å². The van der Waals surface area contributed by atoms with Gasteiger partial charge in [-0.1, -0.05) is 11.6 Å². The van der Waals surface area contributed by atoms with Crippen molar-refractivity contribution in [3.8, 4) is 11.5 Å². The van der Waals surface area contributed by atoms with E-state index in [1.54, 1.807) is 30.7 Å². The van der Waals surface area contributed by atoms with E-state index in [1.807, 2.05) is 18.2 Å². The fourth-order valence-electron chi connectivity index (χ4n) is 3.79. The molecule has 152 valence electrons. The van der Waals surface area contributed by atoms with Crippen LogP contribution in [-0.2, 0) is 16.4 Å². The van der Waals surface area contributed by atoms with Gasteiger partial charge in [-0.2, -0.15) is 0 Å². The topological polar surface area (TPSA) is 90.0 Å². The molecule has 4 heterocycles. The lowest BCUT2D eigenvalue weighted by atomic mass is 9.99. The molecule has 8 heteroatoms. The van der Waals surface area contributed by atoms with Crippen LogP contribution in [-0.4, -0.2) is 35.4 Å². The Morgan fingerprint density at radius 1 is 1.20 bits per heavy atom. The molecule has 3 aromatic heterocycles. The largest absolute Gasteiger partial charge is 0.445 e. The minimum absolute atomic E-state index is 0.159. The molecule has 0 spiro atoms. The Morgan fingerprint density at radius 2 is 2.13 bits per heavy atom. The highest BCUT2D eigenvalue weighted by Gasteiger charge is 2.22. The minimum Gasteiger partial charge on any atom is -0.445 e. The van der Waals surface area contributed by atoms with Crippen LogP contribution < -0.4 is 5.32 Å². The number of nitrogens with one attached hydrogen (secondary N) is 1. The fraction of sp³-hybridized carbons (Fsp3) is 0.182. The molecule has 0 saturated carbocycles. The molecule has 1 aromatic carbocycles. The number of hydrogen-bond acceptors (Lipinski definition) is 6. The van der Waals surface area contributed by atoms with E-state index >= 15 is 0 Å². The predicted molar refractivity (Wildman–Crippen MR) is 114 cm³/mol. The van der Waals surface area contributed by atoms with Crippen LogP contribution in [0, 0.1) is 0 Å². The molecule has 0 aliphatic carbocycles. The van der Waals surface area contributed by atoms with E-state index in [0.717, 1.165) is 36.0 Å². The Morgan fingerprint density at radius 3 is 2.87 bits per heavy atom. The smallest absolute Gasteiger partial charge is 0.269 e. The van der Waals surface area contributed by atoms with Crippen molar-refractivity contribution in [2.24, 2.45) is 0 Å². The van der Waals surface area contributed by atoms with Gasteiger partial charge in [0.15, 0.2) is 0 Å². The van der Waals surface area contributed by atoms with Gasteiger partial charge in [0.1, 0.15) is 11.2 Å². The maximum absolute atomic E-state index is 13.3. The van der Waals surface area contributed by atoms with Gasteiger partial charge in [0.05, 0.1) is 11.7 Å². The molecular weight excluding hydrogens is 400 g/mol. The number of rotatable bonds is 5. The summed E-state index contributed by atoms with van der Waals surface area (Å²) < 4.78 is 33.5. The number of aromatic nitrogens is 3. The van der Waals surface area contributed by atoms with Crippen molar-refractivity contribution in [3.05, 3.63) is 78.6 Å². The molecule has 0 atom stereocenters. The molecule has 5 rings (SSSR count). The van der Waals surface area contributed by atoms with E-state index in [1.165, 1.54) is 22.0 Å². The molecule has 4 aromatic rings. The molecular formula is C22H20N4O3S. The first-order valence-corrected chi connectivity index (χ1v) is 11.1. The average Bonchev–Trinajstić information content (AvgIpc) is 3.44. The van der Waals surface area contributed by atoms with Gasteiger partial charge < -0.3 is 9.73 Å². The quantitative estimate of drug-likeness (QED) is 0.498. The highest BCUT2D eigenvalue weighted by atomic mass is 32.2. The Kier molecular flexibility index (Phi) is 4.72. The molecule has 30 heavy (non-hydrogen) atoms. The number of pyridine rings is 1. The highest BCUT2D eigenvalue weighted by Crippen LogP contribution is 2.31. The second kappa shape index (κ2) is 7.55. The standard InChI is InChI=1S/C22H20N4O3S/c27-30(28,19-2-1-7-24-14-19)26-15-18(12-16-5-8-23-9-6-16)20-13-17(3-4-21(20)26)22-25-10-11-29-22/h1-5,7,10-11,13-15,23H,6,8-9,12H2. The maximum Gasteiger partial charge on any atom is 0.269 e. The van der Waals surface area contributed by atoms with Crippen LogP contribution in [0.2, 0.25) is 0 Å². The van der Waals surface area contributed by atoms with Gasteiger partial charge in [-0.25, -0.2) is 17.4 Å². The summed E-state index contributed by atoms with van der Waals surface area (Å²) in [6.45, 7) is 1.77. The Hall–Kier alpha value is -3.23. The number of hydrogen-bond donors (Lipinski definition) is 1. The van der Waals surface area contributed by atoms with Gasteiger partial charge in [-0.3, -0.25) is 4.98 Å². The third-order valence-corrected chi connectivity index (χ3v) is 6.96. The molecule has 0 fully saturated rings. The SMILES string of the molecule is O=S(=O)(c1cccnc1)n1cc(CC2=CCNCC2)c2cc(-c3ncco3)ccc21. The first-order valence-electron chi connectivity index (χ1n) is 9.71. The molecule has 1 aliphatic rings. The first-order chi connectivity index (χ1) is 14.6. The third kappa shape index (κ3) is 3.34. The van der Waals surface area contributed by atoms with Gasteiger partial charge in [-0.05, 0) is 55.3 Å². The first kappa shape index (κ1) is 18.8. The van der Waals surface area contributed by atoms with Crippen LogP contribution in [0.1, 0.15) is 12.0 Å². The lowest BCUT2D eigenvalue weighted by Crippen LogP contribution is -2.21. The number of benzene rings is 1. The van der Waals surface area contributed by atoms with Crippen molar-refractivity contribution in [1.29, 1.82) is 0 Å². The summed E-state index contributed by atoms with van der Waals surface area (Å²) in [6, 6.07) is 8.78. The number of nitrogens with zero attached hydrogens (tertiary/aromatic N) is 3. The van der Waals surface area contributed by atoms with Crippen LogP contribution in [0.15, 0.2) is 82.3 Å². The van der Waals surface area contributed by atoms with Gasteiger partial charge in [-0.15, -0.1) is 0 Å². The second-order valence-electron chi connectivity index (χ2n) is 7.21. The summed E-state index contributed by atoms with van der Waals surface area (Å²) in [5.41, 5.74) is 3.69. The summed E-state index contributed by atoms with van der Waals surface area (Å²) in [7, 11) is -3.77. The summed E-state index contributed by atoms with van der Waals surface area (Å²) in [4.78, 5) is 8.36. The molecule has 1 N–H and O–H groups in total. The van der Waals surface area contributed by atoms with Crippen molar-refractivity contribution in [2.75, 3.05) is 13.1 Å². The Bertz CT molecular complexity index is 1320. The van der Waals surface area contributed by atoms with Crippen molar-refractivity contribution in [2.45, 2.75) is 17.7 Å². The van der Waals surface area contributed by atoms with E-state index in [4.69, 9.17) is 4.42 Å². The molecule has 7 nitrogen and oxygen atoms in total. The zero-order valence-electron chi connectivity index (χ0n) is 16.2. The van der Waals surface area contributed by atoms with Gasteiger partial charge in [0.2, 0.25) is 5.89 Å². The van der Waals surface area contributed by atoms with E-state index < -0.39 is 10.0 Å². The van der Waals surface area contributed by atoms with Crippen molar-refractivity contribution in [1.82, 2.24) is 19.3 Å². The maximum atomic E-state index is 13.3. The van der Waals surface area contributed by atoms with Gasteiger partial charge in [0.25, 0.3) is 10.0 Å². The molecule has 1 aliphatic heterocycles. The number of oxazole rings is 1. The second-order valence-corrected chi connectivity index (χ2v) is 9.02. The van der Waals surface area contributed by atoms with E-state index in [9.17, 15) is 8.42 Å². The lowest BCUT2D eigenvalue weighted by molar-refractivity contribution is 0.574. The fourth-order valence-corrected chi connectivity index (χ4v) is 5.15. The number of fused-ring (bicyclic) bond motifs is 1. The molecule has 0 unspecified atom stereocenters. The average molecular weight is 420 g/mol. The van der Waals surface area contributed by atoms with E-state index in [2.05, 4.69) is 21.4 Å². The third-order valence-electron chi connectivity index (χ3n) is 5.30. The summed E-state index contributed by atoms with van der Waals surface area (Å²) >= 11 is 0. The zero-order chi connectivity index (χ0) is 20.6. The Balaban J connectivity index is 1.69. The highest BCUT2D eigenvalue weighted by molar-refractivity contribution is 7.90. The van der Waals surface area contributed by atoms with Crippen LogP contribution in [0.5, 0.6) is 0 Å². The van der Waals surface area contributed by atoms with Gasteiger partial charge in [0, 0.05) is 36.1 Å². The van der Waals surface area contributed by atoms with E-state index in [0.29, 0.717) is 17.8 Å². The Labute approximate surface area is 174 Å². The van der Waals surface area contributed by atoms with Crippen molar-refractivity contribution < 1.29 is 12.8 Å². The normalized spacial score (nSPS) is 14.7. The monoisotopic (exact) mass is 420 g/mol. The van der Waals surface area contributed by atoms with Crippen molar-refractivity contribution in [3.63, 3.8) is 0 Å². The minimum atomic E-state index is -3.77. The predicted octanol–water partition coefficient (Wildman–Crippen LogP) is 3.39. The van der Waals surface area contributed by atoms with Crippen molar-refractivity contribution >= 4 is 20.9 Å². The van der Waals surface area contributed by atoms with E-state index in [-0.39, 0.29) is 4.90 Å². The zero-order valence-corrected chi connectivity index (χ0v) is 17.0. The van der Waals surface area contributed by atoms with Crippen LogP contribution >= 0.6 is 0 Å². The lowest BCUT2D eigenvalue weighted by Gasteiger charge is -2.13. The molecule has 0 radical (unpaired) electrons. The summed E-state index contributed by atoms with van der Waals surface area (Å²) in [5.74, 6) is 0.506. The molecule has 0 saturated heterocycles. The van der Waals surface area contributed by atoms with Gasteiger partial charge >= 0.3 is 0 Å². The van der Waals surface area contributed by atoms with Crippen LogP contribution in [0.3, 0.4) is 0 Å². The molecule has 0 bridgehead atoms. The van der Waals surface area contributed by atoms with Crippen LogP contribution in [0.25, 0.3) is 22.4 Å². The molecule has 0 amide bonds.